The summed E-state index contributed by atoms with van der Waals surface area (Å²) in [4.78, 5) is 26.8. The third kappa shape index (κ3) is 6.37. The monoisotopic (exact) mass is 565 g/mol. The smallest absolute Gasteiger partial charge is 0.327 e. The van der Waals surface area contributed by atoms with Gasteiger partial charge in [0.15, 0.2) is 5.12 Å². The van der Waals surface area contributed by atoms with E-state index < -0.39 is 5.54 Å². The molecule has 1 aromatic heterocycles. The molecule has 5 rings (SSSR count). The number of nitrogens with zero attached hydrogens (tertiary/aromatic N) is 3. The predicted octanol–water partition coefficient (Wildman–Crippen LogP) is 6.18. The summed E-state index contributed by atoms with van der Waals surface area (Å²) in [5.74, 6) is -0.318. The van der Waals surface area contributed by atoms with Gasteiger partial charge in [0.05, 0.1) is 17.8 Å². The summed E-state index contributed by atoms with van der Waals surface area (Å²) in [7, 11) is 0. The van der Waals surface area contributed by atoms with Crippen molar-refractivity contribution in [3.63, 3.8) is 0 Å². The molecule has 0 saturated carbocycles. The molecule has 0 radical (unpaired) electrons. The molecule has 0 bridgehead atoms. The number of hydrogen-bond acceptors (Lipinski definition) is 6. The second kappa shape index (κ2) is 13.1. The van der Waals surface area contributed by atoms with Gasteiger partial charge in [-0.3, -0.25) is 19.2 Å². The summed E-state index contributed by atoms with van der Waals surface area (Å²) in [5, 5.41) is 4.77. The Bertz CT molecular complexity index is 1390. The fourth-order valence-corrected chi connectivity index (χ4v) is 6.69. The fraction of sp³-hybridized carbons (Fsp3) is 0.265. The van der Waals surface area contributed by atoms with Crippen LogP contribution >= 0.6 is 11.8 Å². The van der Waals surface area contributed by atoms with Crippen LogP contribution in [0.2, 0.25) is 0 Å². The fourth-order valence-electron chi connectivity index (χ4n) is 5.78. The van der Waals surface area contributed by atoms with Crippen LogP contribution in [-0.4, -0.2) is 50.7 Å². The lowest BCUT2D eigenvalue weighted by Crippen LogP contribution is -2.52. The quantitative estimate of drug-likeness (QED) is 0.179. The van der Waals surface area contributed by atoms with Crippen LogP contribution < -0.4 is 0 Å². The van der Waals surface area contributed by atoms with E-state index in [0.717, 1.165) is 24.2 Å². The summed E-state index contributed by atoms with van der Waals surface area (Å²) in [6.45, 7) is 5.27. The normalized spacial score (nSPS) is 16.9. The van der Waals surface area contributed by atoms with E-state index >= 15 is 0 Å². The summed E-state index contributed by atoms with van der Waals surface area (Å²) in [6, 6.07) is 33.9. The maximum Gasteiger partial charge on any atom is 0.327 e. The van der Waals surface area contributed by atoms with Gasteiger partial charge in [-0.25, -0.2) is 0 Å². The minimum atomic E-state index is -0.544. The first-order valence-corrected chi connectivity index (χ1v) is 14.9. The molecule has 210 valence electrons. The first-order chi connectivity index (χ1) is 20.0. The van der Waals surface area contributed by atoms with Crippen LogP contribution in [-0.2, 0) is 26.4 Å². The van der Waals surface area contributed by atoms with E-state index in [-0.39, 0.29) is 22.9 Å². The molecule has 1 atom stereocenters. The van der Waals surface area contributed by atoms with Crippen molar-refractivity contribution < 1.29 is 14.3 Å². The van der Waals surface area contributed by atoms with Gasteiger partial charge in [0.2, 0.25) is 0 Å². The second-order valence-electron chi connectivity index (χ2n) is 10.1. The highest BCUT2D eigenvalue weighted by atomic mass is 32.2. The maximum atomic E-state index is 12.3. The first kappa shape index (κ1) is 28.6. The number of benzene rings is 3. The van der Waals surface area contributed by atoms with Gasteiger partial charge in [0, 0.05) is 31.5 Å². The number of carbonyl (C=O) groups is 2. The van der Waals surface area contributed by atoms with E-state index in [1.807, 2.05) is 6.07 Å². The number of rotatable bonds is 9. The number of likely N-dealkylation sites (tertiary alicyclic amines) is 1. The van der Waals surface area contributed by atoms with E-state index in [9.17, 15) is 9.59 Å². The van der Waals surface area contributed by atoms with Crippen LogP contribution in [0, 0.1) is 0 Å². The Morgan fingerprint density at radius 1 is 0.927 bits per heavy atom. The zero-order valence-corrected chi connectivity index (χ0v) is 24.3. The van der Waals surface area contributed by atoms with E-state index in [1.54, 1.807) is 24.7 Å². The average Bonchev–Trinajstić information content (AvgIpc) is 3.42. The zero-order valence-electron chi connectivity index (χ0n) is 23.5. The number of carbonyl (C=O) groups excluding carboxylic acids is 2. The Hall–Kier alpha value is -3.94. The minimum absolute atomic E-state index is 0.0407. The second-order valence-corrected chi connectivity index (χ2v) is 11.5. The van der Waals surface area contributed by atoms with Crippen molar-refractivity contribution in [3.05, 3.63) is 131 Å². The highest BCUT2D eigenvalue weighted by molar-refractivity contribution is 8.14. The van der Waals surface area contributed by atoms with Crippen molar-refractivity contribution in [1.82, 2.24) is 14.7 Å². The van der Waals surface area contributed by atoms with Crippen molar-refractivity contribution in [3.8, 4) is 0 Å². The molecule has 3 aromatic carbocycles. The van der Waals surface area contributed by atoms with Gasteiger partial charge in [-0.05, 0) is 47.8 Å². The van der Waals surface area contributed by atoms with E-state index in [4.69, 9.17) is 4.74 Å². The predicted molar refractivity (Wildman–Crippen MR) is 164 cm³/mol. The molecule has 0 amide bonds. The van der Waals surface area contributed by atoms with Gasteiger partial charge in [0.25, 0.3) is 0 Å². The molecule has 0 aliphatic carbocycles. The van der Waals surface area contributed by atoms with Crippen LogP contribution in [0.15, 0.2) is 109 Å². The number of ether oxygens (including phenoxy) is 1. The van der Waals surface area contributed by atoms with Crippen LogP contribution in [0.5, 0.6) is 0 Å². The average molecular weight is 566 g/mol. The van der Waals surface area contributed by atoms with Gasteiger partial charge in [-0.1, -0.05) is 103 Å². The molecule has 1 unspecified atom stereocenters. The van der Waals surface area contributed by atoms with Crippen LogP contribution in [0.1, 0.15) is 42.7 Å². The Morgan fingerprint density at radius 3 is 2.00 bits per heavy atom. The topological polar surface area (TPSA) is 64.4 Å². The van der Waals surface area contributed by atoms with E-state index in [0.29, 0.717) is 13.2 Å². The third-order valence-electron chi connectivity index (χ3n) is 7.40. The number of piperidine rings is 1. The molecule has 1 fully saturated rings. The number of hydrogen-bond donors (Lipinski definition) is 0. The van der Waals surface area contributed by atoms with Crippen molar-refractivity contribution >= 4 is 28.9 Å². The van der Waals surface area contributed by atoms with E-state index in [2.05, 4.69) is 107 Å². The number of thioether (sulfide) groups is 1. The van der Waals surface area contributed by atoms with Gasteiger partial charge in [-0.15, -0.1) is 0 Å². The highest BCUT2D eigenvalue weighted by Gasteiger charge is 2.44. The molecular weight excluding hydrogens is 530 g/mol. The highest BCUT2D eigenvalue weighted by Crippen LogP contribution is 2.45. The Labute approximate surface area is 246 Å². The summed E-state index contributed by atoms with van der Waals surface area (Å²) < 4.78 is 6.68. The minimum Gasteiger partial charge on any atom is -0.465 e. The SMILES string of the molecule is CCOC(=O)Cn1ccc(/C=C2\CN(C(c3ccccc3)(c3ccccc3)c3ccccc3)CCC2SC(C)=O)n1. The van der Waals surface area contributed by atoms with Crippen LogP contribution in [0.4, 0.5) is 0 Å². The molecular formula is C34H35N3O3S. The molecule has 7 heteroatoms. The molecule has 1 aliphatic heterocycles. The van der Waals surface area contributed by atoms with Gasteiger partial charge in [0.1, 0.15) is 6.54 Å². The Morgan fingerprint density at radius 2 is 1.49 bits per heavy atom. The van der Waals surface area contributed by atoms with Crippen molar-refractivity contribution in [1.29, 1.82) is 0 Å². The molecule has 1 saturated heterocycles. The number of aromatic nitrogens is 2. The molecule has 2 heterocycles. The lowest BCUT2D eigenvalue weighted by Gasteiger charge is -2.49. The molecule has 41 heavy (non-hydrogen) atoms. The van der Waals surface area contributed by atoms with E-state index in [1.165, 1.54) is 28.5 Å². The van der Waals surface area contributed by atoms with Crippen molar-refractivity contribution in [2.24, 2.45) is 0 Å². The van der Waals surface area contributed by atoms with Crippen molar-refractivity contribution in [2.75, 3.05) is 19.7 Å². The van der Waals surface area contributed by atoms with Gasteiger partial charge < -0.3 is 4.74 Å². The maximum absolute atomic E-state index is 12.3. The standard InChI is InChI=1S/C34H35N3O3S/c1-3-40-33(39)25-37-22-19-31(35-37)23-27-24-36(21-20-32(27)41-26(2)38)34(28-13-7-4-8-14-28,29-15-9-5-10-16-29)30-17-11-6-12-18-30/h4-19,22-23,32H,3,20-21,24-25H2,1-2H3/b27-23+. The van der Waals surface area contributed by atoms with Crippen LogP contribution in [0.3, 0.4) is 0 Å². The lowest BCUT2D eigenvalue weighted by molar-refractivity contribution is -0.144. The third-order valence-corrected chi connectivity index (χ3v) is 8.55. The van der Waals surface area contributed by atoms with Gasteiger partial charge in [-0.2, -0.15) is 5.10 Å². The van der Waals surface area contributed by atoms with Gasteiger partial charge >= 0.3 is 5.97 Å². The lowest BCUT2D eigenvalue weighted by atomic mass is 9.74. The summed E-state index contributed by atoms with van der Waals surface area (Å²) in [6.07, 6.45) is 4.69. The molecule has 1 aliphatic rings. The summed E-state index contributed by atoms with van der Waals surface area (Å²) in [5.41, 5.74) is 4.90. The Balaban J connectivity index is 1.60. The largest absolute Gasteiger partial charge is 0.465 e. The molecule has 0 spiro atoms. The number of esters is 1. The zero-order chi connectivity index (χ0) is 28.7. The van der Waals surface area contributed by atoms with Crippen LogP contribution in [0.25, 0.3) is 6.08 Å². The summed E-state index contributed by atoms with van der Waals surface area (Å²) >= 11 is 1.38. The molecule has 4 aromatic rings. The van der Waals surface area contributed by atoms with Crippen molar-refractivity contribution in [2.45, 2.75) is 37.6 Å². The molecule has 0 N–H and O–H groups in total. The first-order valence-electron chi connectivity index (χ1n) is 14.0. The molecule has 6 nitrogen and oxygen atoms in total. The Kier molecular flexibility index (Phi) is 9.17.